The van der Waals surface area contributed by atoms with Gasteiger partial charge in [-0.15, -0.1) is 10.2 Å². The van der Waals surface area contributed by atoms with Crippen molar-refractivity contribution in [3.8, 4) is 11.4 Å². The Hall–Kier alpha value is -2.19. The predicted molar refractivity (Wildman–Crippen MR) is 98.7 cm³/mol. The molecule has 0 radical (unpaired) electrons. The number of amides is 2. The minimum absolute atomic E-state index is 0.0862. The Morgan fingerprint density at radius 1 is 1.35 bits per heavy atom. The largest absolute Gasteiger partial charge is 0.383 e. The van der Waals surface area contributed by atoms with E-state index in [1.165, 1.54) is 16.7 Å². The Labute approximate surface area is 156 Å². The quantitative estimate of drug-likeness (QED) is 0.691. The standard InChI is InChI=1S/C18H22N4O3S/c1-13-5-3-6-14(11-13)17-19-20-18(22(17)9-10-25-2)26-12-16(24)21-8-4-7-15(21)23/h3,5-6,11H,4,7-10,12H2,1-2H3. The van der Waals surface area contributed by atoms with Crippen LogP contribution in [0.1, 0.15) is 18.4 Å². The molecule has 0 saturated carbocycles. The maximum Gasteiger partial charge on any atom is 0.239 e. The van der Waals surface area contributed by atoms with Gasteiger partial charge in [0.2, 0.25) is 11.8 Å². The molecule has 0 bridgehead atoms. The van der Waals surface area contributed by atoms with E-state index in [1.807, 2.05) is 29.7 Å². The number of hydrogen-bond donors (Lipinski definition) is 0. The van der Waals surface area contributed by atoms with Crippen LogP contribution in [-0.2, 0) is 20.9 Å². The number of aryl methyl sites for hydroxylation is 1. The number of hydrogen-bond acceptors (Lipinski definition) is 6. The predicted octanol–water partition coefficient (Wildman–Crippen LogP) is 2.14. The fourth-order valence-corrected chi connectivity index (χ4v) is 3.73. The van der Waals surface area contributed by atoms with Crippen molar-refractivity contribution in [2.45, 2.75) is 31.5 Å². The first-order valence-electron chi connectivity index (χ1n) is 8.55. The topological polar surface area (TPSA) is 77.3 Å². The lowest BCUT2D eigenvalue weighted by Crippen LogP contribution is -2.33. The van der Waals surface area contributed by atoms with E-state index < -0.39 is 0 Å². The van der Waals surface area contributed by atoms with Gasteiger partial charge in [-0.1, -0.05) is 35.5 Å². The molecule has 1 saturated heterocycles. The number of thioether (sulfide) groups is 1. The molecule has 1 aromatic heterocycles. The Balaban J connectivity index is 1.78. The van der Waals surface area contributed by atoms with Crippen LogP contribution in [0.25, 0.3) is 11.4 Å². The molecule has 2 aromatic rings. The van der Waals surface area contributed by atoms with Crippen molar-refractivity contribution in [3.63, 3.8) is 0 Å². The van der Waals surface area contributed by atoms with Crippen molar-refractivity contribution in [2.24, 2.45) is 0 Å². The minimum atomic E-state index is -0.170. The van der Waals surface area contributed by atoms with E-state index >= 15 is 0 Å². The van der Waals surface area contributed by atoms with Gasteiger partial charge in [-0.05, 0) is 19.4 Å². The first-order valence-corrected chi connectivity index (χ1v) is 9.54. The maximum absolute atomic E-state index is 12.3. The second-order valence-corrected chi connectivity index (χ2v) is 7.09. The molecule has 3 rings (SSSR count). The molecule has 2 heterocycles. The van der Waals surface area contributed by atoms with Crippen molar-refractivity contribution in [1.82, 2.24) is 19.7 Å². The van der Waals surface area contributed by atoms with Crippen LogP contribution in [0.15, 0.2) is 29.4 Å². The summed E-state index contributed by atoms with van der Waals surface area (Å²) in [5.74, 6) is 0.663. The van der Waals surface area contributed by atoms with Crippen LogP contribution in [0, 0.1) is 6.92 Å². The second kappa shape index (κ2) is 8.46. The highest BCUT2D eigenvalue weighted by Gasteiger charge is 2.26. The molecule has 1 aromatic carbocycles. The number of nitrogens with zero attached hydrogens (tertiary/aromatic N) is 4. The van der Waals surface area contributed by atoms with Gasteiger partial charge in [0.25, 0.3) is 0 Å². The number of ether oxygens (including phenoxy) is 1. The number of benzene rings is 1. The second-order valence-electron chi connectivity index (χ2n) is 6.15. The average Bonchev–Trinajstić information content (AvgIpc) is 3.24. The highest BCUT2D eigenvalue weighted by molar-refractivity contribution is 7.99. The van der Waals surface area contributed by atoms with Crippen molar-refractivity contribution in [2.75, 3.05) is 26.0 Å². The van der Waals surface area contributed by atoms with Crippen LogP contribution >= 0.6 is 11.8 Å². The lowest BCUT2D eigenvalue weighted by Gasteiger charge is -2.13. The van der Waals surface area contributed by atoms with Gasteiger partial charge in [0.15, 0.2) is 11.0 Å². The van der Waals surface area contributed by atoms with Gasteiger partial charge in [-0.3, -0.25) is 19.1 Å². The van der Waals surface area contributed by atoms with Gasteiger partial charge in [-0.2, -0.15) is 0 Å². The van der Waals surface area contributed by atoms with Gasteiger partial charge in [0.1, 0.15) is 0 Å². The molecule has 26 heavy (non-hydrogen) atoms. The normalized spacial score (nSPS) is 14.2. The van der Waals surface area contributed by atoms with Crippen LogP contribution in [0.3, 0.4) is 0 Å². The number of carbonyl (C=O) groups excluding carboxylic acids is 2. The Bertz CT molecular complexity index is 805. The van der Waals surface area contributed by atoms with Crippen molar-refractivity contribution in [1.29, 1.82) is 0 Å². The molecule has 0 aliphatic carbocycles. The Morgan fingerprint density at radius 2 is 2.19 bits per heavy atom. The summed E-state index contributed by atoms with van der Waals surface area (Å²) in [4.78, 5) is 25.3. The van der Waals surface area contributed by atoms with Crippen LogP contribution in [0.2, 0.25) is 0 Å². The van der Waals surface area contributed by atoms with Gasteiger partial charge in [0, 0.05) is 25.6 Å². The fourth-order valence-electron chi connectivity index (χ4n) is 2.89. The van der Waals surface area contributed by atoms with E-state index in [4.69, 9.17) is 4.74 Å². The Kier molecular flexibility index (Phi) is 6.05. The third kappa shape index (κ3) is 4.13. The highest BCUT2D eigenvalue weighted by atomic mass is 32.2. The zero-order valence-electron chi connectivity index (χ0n) is 15.0. The summed E-state index contributed by atoms with van der Waals surface area (Å²) in [6.45, 7) is 3.65. The summed E-state index contributed by atoms with van der Waals surface area (Å²) in [6.07, 6.45) is 1.20. The molecule has 2 amide bonds. The number of imide groups is 1. The highest BCUT2D eigenvalue weighted by Crippen LogP contribution is 2.25. The van der Waals surface area contributed by atoms with Gasteiger partial charge in [-0.25, -0.2) is 0 Å². The third-order valence-corrected chi connectivity index (χ3v) is 5.16. The molecular weight excluding hydrogens is 352 g/mol. The molecule has 1 aliphatic rings. The number of rotatable bonds is 7. The monoisotopic (exact) mass is 374 g/mol. The summed E-state index contributed by atoms with van der Waals surface area (Å²) in [5.41, 5.74) is 2.11. The molecule has 7 nitrogen and oxygen atoms in total. The molecule has 0 atom stereocenters. The molecule has 1 fully saturated rings. The number of carbonyl (C=O) groups is 2. The fraction of sp³-hybridized carbons (Fsp3) is 0.444. The van der Waals surface area contributed by atoms with E-state index in [-0.39, 0.29) is 17.6 Å². The average molecular weight is 374 g/mol. The molecular formula is C18H22N4O3S. The molecule has 138 valence electrons. The summed E-state index contributed by atoms with van der Waals surface area (Å²) in [5, 5.41) is 9.22. The van der Waals surface area contributed by atoms with Crippen molar-refractivity contribution in [3.05, 3.63) is 29.8 Å². The molecule has 0 N–H and O–H groups in total. The SMILES string of the molecule is COCCn1c(SCC(=O)N2CCCC2=O)nnc1-c1cccc(C)c1. The molecule has 1 aliphatic heterocycles. The lowest BCUT2D eigenvalue weighted by molar-refractivity contribution is -0.140. The first kappa shape index (κ1) is 18.6. The van der Waals surface area contributed by atoms with Crippen LogP contribution in [0.5, 0.6) is 0 Å². The summed E-state index contributed by atoms with van der Waals surface area (Å²) in [6, 6.07) is 8.05. The number of aromatic nitrogens is 3. The van der Waals surface area contributed by atoms with E-state index in [0.717, 1.165) is 23.4 Å². The minimum Gasteiger partial charge on any atom is -0.383 e. The van der Waals surface area contributed by atoms with Crippen LogP contribution in [-0.4, -0.2) is 57.5 Å². The van der Waals surface area contributed by atoms with E-state index in [0.29, 0.717) is 31.3 Å². The summed E-state index contributed by atoms with van der Waals surface area (Å²) < 4.78 is 7.16. The molecule has 0 unspecified atom stereocenters. The summed E-state index contributed by atoms with van der Waals surface area (Å²) >= 11 is 1.30. The van der Waals surface area contributed by atoms with Gasteiger partial charge < -0.3 is 4.74 Å². The first-order chi connectivity index (χ1) is 12.6. The smallest absolute Gasteiger partial charge is 0.239 e. The lowest BCUT2D eigenvalue weighted by atomic mass is 10.1. The van der Waals surface area contributed by atoms with Crippen LogP contribution in [0.4, 0.5) is 0 Å². The number of likely N-dealkylation sites (tertiary alicyclic amines) is 1. The molecule has 8 heteroatoms. The van der Waals surface area contributed by atoms with Crippen molar-refractivity contribution >= 4 is 23.6 Å². The van der Waals surface area contributed by atoms with Crippen LogP contribution < -0.4 is 0 Å². The maximum atomic E-state index is 12.3. The van der Waals surface area contributed by atoms with Gasteiger partial charge in [0.05, 0.1) is 18.9 Å². The Morgan fingerprint density at radius 3 is 2.88 bits per heavy atom. The van der Waals surface area contributed by atoms with E-state index in [9.17, 15) is 9.59 Å². The van der Waals surface area contributed by atoms with E-state index in [1.54, 1.807) is 7.11 Å². The third-order valence-electron chi connectivity index (χ3n) is 4.21. The number of methoxy groups -OCH3 is 1. The van der Waals surface area contributed by atoms with Crippen molar-refractivity contribution < 1.29 is 14.3 Å². The summed E-state index contributed by atoms with van der Waals surface area (Å²) in [7, 11) is 1.64. The van der Waals surface area contributed by atoms with Gasteiger partial charge >= 0.3 is 0 Å². The zero-order chi connectivity index (χ0) is 18.5. The zero-order valence-corrected chi connectivity index (χ0v) is 15.8. The van der Waals surface area contributed by atoms with E-state index in [2.05, 4.69) is 16.3 Å². The molecule has 0 spiro atoms.